The molecule has 1 amide bonds. The second-order valence-corrected chi connectivity index (χ2v) is 5.58. The second kappa shape index (κ2) is 6.08. The first-order valence-electron chi connectivity index (χ1n) is 6.64. The molecule has 1 rings (SSSR count). The van der Waals surface area contributed by atoms with Crippen LogP contribution < -0.4 is 10.1 Å². The molecule has 5 heteroatoms. The molecular formula is C14H24N2O3. The van der Waals surface area contributed by atoms with Gasteiger partial charge in [-0.1, -0.05) is 32.3 Å². The third-order valence-electron chi connectivity index (χ3n) is 3.70. The summed E-state index contributed by atoms with van der Waals surface area (Å²) in [5.74, 6) is 0.0619. The summed E-state index contributed by atoms with van der Waals surface area (Å²) in [6.07, 6.45) is 2.14. The third kappa shape index (κ3) is 3.49. The van der Waals surface area contributed by atoms with Crippen LogP contribution in [0.4, 0.5) is 0 Å². The fraction of sp³-hybridized carbons (Fsp3) is 0.714. The van der Waals surface area contributed by atoms with E-state index in [0.29, 0.717) is 5.56 Å². The first-order chi connectivity index (χ1) is 8.83. The van der Waals surface area contributed by atoms with Crippen LogP contribution in [0.2, 0.25) is 0 Å². The van der Waals surface area contributed by atoms with Crippen LogP contribution >= 0.6 is 0 Å². The highest BCUT2D eigenvalue weighted by Gasteiger charge is 2.28. The van der Waals surface area contributed by atoms with E-state index in [1.54, 1.807) is 6.92 Å². The molecule has 0 saturated carbocycles. The minimum Gasteiger partial charge on any atom is -0.467 e. The first-order valence-corrected chi connectivity index (χ1v) is 6.64. The topological polar surface area (TPSA) is 64.4 Å². The average molecular weight is 268 g/mol. The molecule has 1 aromatic heterocycles. The molecule has 1 atom stereocenters. The maximum atomic E-state index is 12.2. The van der Waals surface area contributed by atoms with Crippen molar-refractivity contribution in [1.29, 1.82) is 0 Å². The van der Waals surface area contributed by atoms with Gasteiger partial charge in [-0.15, -0.1) is 0 Å². The molecule has 1 N–H and O–H groups in total. The lowest BCUT2D eigenvalue weighted by atomic mass is 9.81. The summed E-state index contributed by atoms with van der Waals surface area (Å²) >= 11 is 0. The van der Waals surface area contributed by atoms with Crippen LogP contribution in [0.15, 0.2) is 4.52 Å². The molecule has 0 radical (unpaired) electrons. The molecule has 1 aromatic rings. The summed E-state index contributed by atoms with van der Waals surface area (Å²) in [5.41, 5.74) is 0.961. The summed E-state index contributed by atoms with van der Waals surface area (Å²) < 4.78 is 9.92. The second-order valence-electron chi connectivity index (χ2n) is 5.58. The lowest BCUT2D eigenvalue weighted by Crippen LogP contribution is -2.43. The van der Waals surface area contributed by atoms with Crippen molar-refractivity contribution in [3.63, 3.8) is 0 Å². The van der Waals surface area contributed by atoms with Gasteiger partial charge in [-0.3, -0.25) is 4.79 Å². The molecule has 0 aliphatic carbocycles. The Labute approximate surface area is 114 Å². The van der Waals surface area contributed by atoms with Crippen molar-refractivity contribution in [3.8, 4) is 5.95 Å². The first kappa shape index (κ1) is 15.5. The van der Waals surface area contributed by atoms with Crippen LogP contribution in [-0.2, 0) is 0 Å². The molecule has 0 saturated heterocycles. The zero-order valence-electron chi connectivity index (χ0n) is 12.7. The maximum absolute atomic E-state index is 12.2. The maximum Gasteiger partial charge on any atom is 0.314 e. The highest BCUT2D eigenvalue weighted by molar-refractivity contribution is 5.94. The predicted molar refractivity (Wildman–Crippen MR) is 73.4 cm³/mol. The van der Waals surface area contributed by atoms with Crippen molar-refractivity contribution >= 4 is 5.91 Å². The largest absolute Gasteiger partial charge is 0.467 e. The molecule has 0 aliphatic heterocycles. The number of nitrogens with zero attached hydrogens (tertiary/aromatic N) is 1. The van der Waals surface area contributed by atoms with Crippen molar-refractivity contribution in [3.05, 3.63) is 11.3 Å². The quantitative estimate of drug-likeness (QED) is 0.861. The highest BCUT2D eigenvalue weighted by atomic mass is 16.6. The molecule has 0 fully saturated rings. The van der Waals surface area contributed by atoms with E-state index in [2.05, 4.69) is 31.2 Å². The van der Waals surface area contributed by atoms with E-state index in [-0.39, 0.29) is 29.0 Å². The number of amides is 1. The number of nitrogens with one attached hydrogen (secondary N) is 1. The van der Waals surface area contributed by atoms with E-state index in [4.69, 9.17) is 9.26 Å². The number of rotatable bonds is 6. The fourth-order valence-corrected chi connectivity index (χ4v) is 2.04. The van der Waals surface area contributed by atoms with E-state index in [9.17, 15) is 4.79 Å². The summed E-state index contributed by atoms with van der Waals surface area (Å²) in [7, 11) is 1.49. The van der Waals surface area contributed by atoms with Gasteiger partial charge in [-0.2, -0.15) is 0 Å². The van der Waals surface area contributed by atoms with E-state index in [0.717, 1.165) is 12.8 Å². The van der Waals surface area contributed by atoms with Crippen LogP contribution in [0.3, 0.4) is 0 Å². The Morgan fingerprint density at radius 3 is 2.63 bits per heavy atom. The standard InChI is InChI=1S/C14H24N2O3/c1-7-8-14(4,5)10(3)15-12(17)11-9(2)13(18-6)19-16-11/h10H,7-8H2,1-6H3,(H,15,17). The number of hydrogen-bond donors (Lipinski definition) is 1. The fourth-order valence-electron chi connectivity index (χ4n) is 2.04. The van der Waals surface area contributed by atoms with Crippen LogP contribution in [-0.4, -0.2) is 24.2 Å². The summed E-state index contributed by atoms with van der Waals surface area (Å²) in [5, 5.41) is 6.74. The Kier molecular flexibility index (Phi) is 4.97. The van der Waals surface area contributed by atoms with Gasteiger partial charge in [-0.25, -0.2) is 0 Å². The number of carbonyl (C=O) groups excluding carboxylic acids is 1. The molecule has 5 nitrogen and oxygen atoms in total. The Morgan fingerprint density at radius 1 is 1.53 bits per heavy atom. The minimum atomic E-state index is -0.221. The van der Waals surface area contributed by atoms with Crippen molar-refractivity contribution in [1.82, 2.24) is 10.5 Å². The van der Waals surface area contributed by atoms with Gasteiger partial charge in [0.1, 0.15) is 0 Å². The van der Waals surface area contributed by atoms with Gasteiger partial charge >= 0.3 is 5.95 Å². The van der Waals surface area contributed by atoms with Gasteiger partial charge in [0, 0.05) is 6.04 Å². The summed E-state index contributed by atoms with van der Waals surface area (Å²) in [4.78, 5) is 12.2. The number of carbonyl (C=O) groups is 1. The molecule has 0 aliphatic rings. The summed E-state index contributed by atoms with van der Waals surface area (Å²) in [6, 6.07) is 0.0574. The van der Waals surface area contributed by atoms with Crippen molar-refractivity contribution in [2.45, 2.75) is 53.5 Å². The van der Waals surface area contributed by atoms with Gasteiger partial charge in [0.2, 0.25) is 0 Å². The van der Waals surface area contributed by atoms with Gasteiger partial charge in [0.25, 0.3) is 5.91 Å². The van der Waals surface area contributed by atoms with Crippen LogP contribution in [0.1, 0.15) is 56.6 Å². The summed E-state index contributed by atoms with van der Waals surface area (Å²) in [6.45, 7) is 10.2. The SMILES string of the molecule is CCCC(C)(C)C(C)NC(=O)c1noc(OC)c1C. The average Bonchev–Trinajstić information content (AvgIpc) is 2.70. The zero-order chi connectivity index (χ0) is 14.6. The monoisotopic (exact) mass is 268 g/mol. The van der Waals surface area contributed by atoms with Gasteiger partial charge in [0.15, 0.2) is 5.69 Å². The number of ether oxygens (including phenoxy) is 1. The Balaban J connectivity index is 2.77. The van der Waals surface area contributed by atoms with Crippen LogP contribution in [0.25, 0.3) is 0 Å². The number of hydrogen-bond acceptors (Lipinski definition) is 4. The molecule has 0 spiro atoms. The Bertz CT molecular complexity index is 438. The van der Waals surface area contributed by atoms with E-state index < -0.39 is 0 Å². The molecular weight excluding hydrogens is 244 g/mol. The minimum absolute atomic E-state index is 0.0478. The highest BCUT2D eigenvalue weighted by Crippen LogP contribution is 2.27. The van der Waals surface area contributed by atoms with Gasteiger partial charge in [-0.05, 0) is 25.7 Å². The number of aromatic nitrogens is 1. The smallest absolute Gasteiger partial charge is 0.314 e. The van der Waals surface area contributed by atoms with Gasteiger partial charge in [0.05, 0.1) is 12.7 Å². The normalized spacial score (nSPS) is 13.2. The van der Waals surface area contributed by atoms with Crippen molar-refractivity contribution in [2.24, 2.45) is 5.41 Å². The molecule has 0 aromatic carbocycles. The zero-order valence-corrected chi connectivity index (χ0v) is 12.7. The lowest BCUT2D eigenvalue weighted by Gasteiger charge is -2.32. The predicted octanol–water partition coefficient (Wildman–Crippen LogP) is 2.94. The molecule has 0 bridgehead atoms. The molecule has 1 unspecified atom stereocenters. The lowest BCUT2D eigenvalue weighted by molar-refractivity contribution is 0.0888. The third-order valence-corrected chi connectivity index (χ3v) is 3.70. The van der Waals surface area contributed by atoms with E-state index >= 15 is 0 Å². The van der Waals surface area contributed by atoms with Gasteiger partial charge < -0.3 is 14.6 Å². The molecule has 19 heavy (non-hydrogen) atoms. The molecule has 1 heterocycles. The Morgan fingerprint density at radius 2 is 2.16 bits per heavy atom. The van der Waals surface area contributed by atoms with Crippen LogP contribution in [0, 0.1) is 12.3 Å². The molecule has 108 valence electrons. The van der Waals surface area contributed by atoms with Crippen LogP contribution in [0.5, 0.6) is 5.95 Å². The number of methoxy groups -OCH3 is 1. The van der Waals surface area contributed by atoms with E-state index in [1.165, 1.54) is 7.11 Å². The van der Waals surface area contributed by atoms with E-state index in [1.807, 2.05) is 6.92 Å². The van der Waals surface area contributed by atoms with Crippen molar-refractivity contribution in [2.75, 3.05) is 7.11 Å². The van der Waals surface area contributed by atoms with Crippen molar-refractivity contribution < 1.29 is 14.1 Å². The Hall–Kier alpha value is -1.52.